The molecule has 0 saturated carbocycles. The third kappa shape index (κ3) is 8.49. The van der Waals surface area contributed by atoms with Crippen LogP contribution in [0.5, 0.6) is 0 Å². The summed E-state index contributed by atoms with van der Waals surface area (Å²) in [6.07, 6.45) is 1.43. The van der Waals surface area contributed by atoms with Crippen molar-refractivity contribution in [2.24, 2.45) is 0 Å². The third-order valence-electron chi connectivity index (χ3n) is 7.74. The minimum Gasteiger partial charge on any atom is -0.354 e. The number of carbonyl (C=O) groups is 2. The lowest BCUT2D eigenvalue weighted by Gasteiger charge is -2.34. The molecule has 0 bridgehead atoms. The average Bonchev–Trinajstić information content (AvgIpc) is 3.05. The Morgan fingerprint density at radius 1 is 0.826 bits per heavy atom. The number of nitrogens with zero attached hydrogens (tertiary/aromatic N) is 2. The summed E-state index contributed by atoms with van der Waals surface area (Å²) < 4.78 is 29.8. The number of para-hydroxylation sites is 1. The monoisotopic (exact) mass is 679 g/mol. The van der Waals surface area contributed by atoms with Crippen molar-refractivity contribution in [3.05, 3.63) is 129 Å². The van der Waals surface area contributed by atoms with Crippen LogP contribution in [0, 0.1) is 6.92 Å². The molecular formula is C36H39Cl2N3O4S. The molecule has 242 valence electrons. The van der Waals surface area contributed by atoms with Gasteiger partial charge in [-0.05, 0) is 61.2 Å². The number of hydrogen-bond donors (Lipinski definition) is 1. The van der Waals surface area contributed by atoms with E-state index in [0.717, 1.165) is 21.0 Å². The van der Waals surface area contributed by atoms with Gasteiger partial charge in [-0.15, -0.1) is 0 Å². The van der Waals surface area contributed by atoms with E-state index in [0.29, 0.717) is 40.7 Å². The van der Waals surface area contributed by atoms with Crippen LogP contribution in [0.15, 0.2) is 102 Å². The van der Waals surface area contributed by atoms with E-state index in [1.54, 1.807) is 42.5 Å². The molecule has 1 unspecified atom stereocenters. The van der Waals surface area contributed by atoms with Crippen LogP contribution in [0.1, 0.15) is 42.5 Å². The van der Waals surface area contributed by atoms with E-state index < -0.39 is 28.5 Å². The molecule has 0 aromatic heterocycles. The van der Waals surface area contributed by atoms with E-state index in [9.17, 15) is 18.0 Å². The Morgan fingerprint density at radius 2 is 1.46 bits per heavy atom. The van der Waals surface area contributed by atoms with Gasteiger partial charge in [-0.2, -0.15) is 0 Å². The zero-order chi connectivity index (χ0) is 33.3. The van der Waals surface area contributed by atoms with E-state index in [2.05, 4.69) is 5.32 Å². The first-order valence-electron chi connectivity index (χ1n) is 15.3. The van der Waals surface area contributed by atoms with Crippen LogP contribution in [-0.2, 0) is 39.0 Å². The van der Waals surface area contributed by atoms with E-state index in [1.807, 2.05) is 63.2 Å². The Labute approximate surface area is 282 Å². The maximum atomic E-state index is 14.6. The first kappa shape index (κ1) is 35.0. The van der Waals surface area contributed by atoms with Crippen molar-refractivity contribution < 1.29 is 18.0 Å². The first-order valence-corrected chi connectivity index (χ1v) is 17.5. The molecule has 0 aliphatic carbocycles. The SMILES string of the molecule is CCCNC(=O)C(Cc1ccccc1)N(Cc1c(Cl)cccc1Cl)C(=O)CN(c1ccccc1CC)S(=O)(=O)c1ccc(C)cc1. The van der Waals surface area contributed by atoms with Gasteiger partial charge in [0, 0.05) is 35.1 Å². The van der Waals surface area contributed by atoms with Crippen LogP contribution in [-0.4, -0.2) is 44.3 Å². The van der Waals surface area contributed by atoms with Crippen molar-refractivity contribution in [1.29, 1.82) is 0 Å². The van der Waals surface area contributed by atoms with Gasteiger partial charge in [0.15, 0.2) is 0 Å². The molecule has 7 nitrogen and oxygen atoms in total. The molecule has 0 aliphatic heterocycles. The van der Waals surface area contributed by atoms with Gasteiger partial charge in [0.05, 0.1) is 10.6 Å². The molecular weight excluding hydrogens is 641 g/mol. The Kier molecular flexibility index (Phi) is 12.3. The van der Waals surface area contributed by atoms with E-state index in [4.69, 9.17) is 23.2 Å². The van der Waals surface area contributed by atoms with E-state index in [-0.39, 0.29) is 23.8 Å². The Balaban J connectivity index is 1.85. The number of hydrogen-bond acceptors (Lipinski definition) is 4. The topological polar surface area (TPSA) is 86.8 Å². The number of aryl methyl sites for hydroxylation is 2. The minimum atomic E-state index is -4.21. The average molecular weight is 681 g/mol. The summed E-state index contributed by atoms with van der Waals surface area (Å²) in [6, 6.07) is 27.1. The second kappa shape index (κ2) is 16.1. The summed E-state index contributed by atoms with van der Waals surface area (Å²) in [6.45, 7) is 5.49. The molecule has 4 rings (SSSR count). The lowest BCUT2D eigenvalue weighted by molar-refractivity contribution is -0.140. The Bertz CT molecular complexity index is 1730. The van der Waals surface area contributed by atoms with Crippen LogP contribution >= 0.6 is 23.2 Å². The molecule has 0 heterocycles. The van der Waals surface area contributed by atoms with Crippen molar-refractivity contribution in [3.63, 3.8) is 0 Å². The molecule has 2 amide bonds. The zero-order valence-electron chi connectivity index (χ0n) is 26.2. The molecule has 0 aliphatic rings. The summed E-state index contributed by atoms with van der Waals surface area (Å²) in [5.74, 6) is -0.936. The van der Waals surface area contributed by atoms with Crippen molar-refractivity contribution in [1.82, 2.24) is 10.2 Å². The molecule has 0 radical (unpaired) electrons. The van der Waals surface area contributed by atoms with Gasteiger partial charge in [-0.1, -0.05) is 109 Å². The van der Waals surface area contributed by atoms with E-state index >= 15 is 0 Å². The van der Waals surface area contributed by atoms with Crippen molar-refractivity contribution in [2.75, 3.05) is 17.4 Å². The molecule has 1 atom stereocenters. The second-order valence-electron chi connectivity index (χ2n) is 11.0. The molecule has 0 fully saturated rings. The van der Waals surface area contributed by atoms with Crippen LogP contribution in [0.25, 0.3) is 0 Å². The fourth-order valence-corrected chi connectivity index (χ4v) is 7.15. The number of benzene rings is 4. The number of halogens is 2. The van der Waals surface area contributed by atoms with Gasteiger partial charge in [-0.25, -0.2) is 8.42 Å². The normalized spacial score (nSPS) is 11.9. The molecule has 4 aromatic rings. The lowest BCUT2D eigenvalue weighted by Crippen LogP contribution is -2.53. The van der Waals surface area contributed by atoms with Crippen LogP contribution in [0.2, 0.25) is 10.0 Å². The van der Waals surface area contributed by atoms with Gasteiger partial charge in [0.2, 0.25) is 11.8 Å². The largest absolute Gasteiger partial charge is 0.354 e. The molecule has 10 heteroatoms. The summed E-state index contributed by atoms with van der Waals surface area (Å²) in [5, 5.41) is 3.60. The van der Waals surface area contributed by atoms with Crippen molar-refractivity contribution in [2.45, 2.75) is 57.5 Å². The van der Waals surface area contributed by atoms with Crippen LogP contribution in [0.3, 0.4) is 0 Å². The number of sulfonamides is 1. The number of rotatable bonds is 14. The molecule has 0 spiro atoms. The lowest BCUT2D eigenvalue weighted by atomic mass is 10.0. The quantitative estimate of drug-likeness (QED) is 0.152. The van der Waals surface area contributed by atoms with Gasteiger partial charge >= 0.3 is 0 Å². The summed E-state index contributed by atoms with van der Waals surface area (Å²) in [4.78, 5) is 29.9. The van der Waals surface area contributed by atoms with Gasteiger partial charge in [-0.3, -0.25) is 13.9 Å². The Hall–Kier alpha value is -3.85. The smallest absolute Gasteiger partial charge is 0.264 e. The summed E-state index contributed by atoms with van der Waals surface area (Å²) >= 11 is 13.2. The molecule has 4 aromatic carbocycles. The minimum absolute atomic E-state index is 0.0547. The maximum Gasteiger partial charge on any atom is 0.264 e. The van der Waals surface area contributed by atoms with Gasteiger partial charge in [0.1, 0.15) is 12.6 Å². The standard InChI is InChI=1S/C36H39Cl2N3O4S/c1-4-22-39-36(43)34(23-27-12-7-6-8-13-27)40(24-30-31(37)15-11-16-32(30)38)35(42)25-41(33-17-10-9-14-28(33)5-2)46(44,45)29-20-18-26(3)19-21-29/h6-21,34H,4-5,22-25H2,1-3H3,(H,39,43). The summed E-state index contributed by atoms with van der Waals surface area (Å²) in [5.41, 5.74) is 3.35. The third-order valence-corrected chi connectivity index (χ3v) is 10.2. The maximum absolute atomic E-state index is 14.6. The molecule has 0 saturated heterocycles. The van der Waals surface area contributed by atoms with Crippen LogP contribution in [0.4, 0.5) is 5.69 Å². The van der Waals surface area contributed by atoms with Gasteiger partial charge in [0.25, 0.3) is 10.0 Å². The highest BCUT2D eigenvalue weighted by molar-refractivity contribution is 7.92. The fraction of sp³-hybridized carbons (Fsp3) is 0.278. The molecule has 46 heavy (non-hydrogen) atoms. The highest BCUT2D eigenvalue weighted by Crippen LogP contribution is 2.30. The number of amides is 2. The fourth-order valence-electron chi connectivity index (χ4n) is 5.18. The van der Waals surface area contributed by atoms with Gasteiger partial charge < -0.3 is 10.2 Å². The second-order valence-corrected chi connectivity index (χ2v) is 13.7. The first-order chi connectivity index (χ1) is 22.1. The summed E-state index contributed by atoms with van der Waals surface area (Å²) in [7, 11) is -4.21. The predicted molar refractivity (Wildman–Crippen MR) is 186 cm³/mol. The van der Waals surface area contributed by atoms with Crippen molar-refractivity contribution >= 4 is 50.7 Å². The highest BCUT2D eigenvalue weighted by atomic mass is 35.5. The Morgan fingerprint density at radius 3 is 2.09 bits per heavy atom. The highest BCUT2D eigenvalue weighted by Gasteiger charge is 2.35. The number of carbonyl (C=O) groups excluding carboxylic acids is 2. The number of anilines is 1. The van der Waals surface area contributed by atoms with Crippen molar-refractivity contribution in [3.8, 4) is 0 Å². The number of nitrogens with one attached hydrogen (secondary N) is 1. The molecule has 1 N–H and O–H groups in total. The predicted octanol–water partition coefficient (Wildman–Crippen LogP) is 7.23. The zero-order valence-corrected chi connectivity index (χ0v) is 28.6. The van der Waals surface area contributed by atoms with Crippen LogP contribution < -0.4 is 9.62 Å². The van der Waals surface area contributed by atoms with E-state index in [1.165, 1.54) is 17.0 Å².